The minimum Gasteiger partial charge on any atom is -0.313 e. The third kappa shape index (κ3) is 6.81. The van der Waals surface area contributed by atoms with Crippen molar-refractivity contribution in [3.8, 4) is 0 Å². The Balaban J connectivity index is 4.27. The second-order valence-corrected chi connectivity index (χ2v) is 4.54. The molecular weight excluding hydrogens is 264 g/mol. The summed E-state index contributed by atoms with van der Waals surface area (Å²) in [4.78, 5) is 0. The molecule has 104 valence electrons. The second kappa shape index (κ2) is 8.53. The Bertz CT molecular complexity index is 212. The first-order valence-electron chi connectivity index (χ1n) is 5.75. The molecule has 0 aliphatic carbocycles. The van der Waals surface area contributed by atoms with Crippen molar-refractivity contribution in [3.63, 3.8) is 0 Å². The SMILES string of the molecule is CCNC[C@@](F)(CS)NC[C@](F)(CS)NCC. The average Bonchev–Trinajstić information content (AvgIpc) is 2.34. The highest BCUT2D eigenvalue weighted by molar-refractivity contribution is 7.80. The number of alkyl halides is 2. The van der Waals surface area contributed by atoms with E-state index < -0.39 is 11.6 Å². The predicted octanol–water partition coefficient (Wildman–Crippen LogP) is 0.986. The van der Waals surface area contributed by atoms with Gasteiger partial charge in [-0.05, 0) is 13.1 Å². The van der Waals surface area contributed by atoms with Gasteiger partial charge in [0, 0.05) is 24.6 Å². The lowest BCUT2D eigenvalue weighted by Gasteiger charge is -2.31. The van der Waals surface area contributed by atoms with Crippen LogP contribution in [0.4, 0.5) is 8.78 Å². The number of thiol groups is 2. The van der Waals surface area contributed by atoms with Crippen LogP contribution in [0.25, 0.3) is 0 Å². The van der Waals surface area contributed by atoms with Crippen molar-refractivity contribution in [2.24, 2.45) is 0 Å². The summed E-state index contributed by atoms with van der Waals surface area (Å²) < 4.78 is 28.2. The van der Waals surface area contributed by atoms with Crippen LogP contribution in [-0.4, -0.2) is 49.3 Å². The largest absolute Gasteiger partial charge is 0.313 e. The quantitative estimate of drug-likeness (QED) is 0.307. The van der Waals surface area contributed by atoms with E-state index in [1.807, 2.05) is 6.92 Å². The molecule has 3 nitrogen and oxygen atoms in total. The third-order valence-electron chi connectivity index (χ3n) is 2.34. The van der Waals surface area contributed by atoms with Crippen molar-refractivity contribution >= 4 is 25.3 Å². The van der Waals surface area contributed by atoms with Crippen LogP contribution in [0.2, 0.25) is 0 Å². The number of nitrogens with one attached hydrogen (secondary N) is 3. The molecule has 0 rings (SSSR count). The Morgan fingerprint density at radius 3 is 1.82 bits per heavy atom. The average molecular weight is 287 g/mol. The van der Waals surface area contributed by atoms with E-state index >= 15 is 0 Å². The molecule has 2 atom stereocenters. The summed E-state index contributed by atoms with van der Waals surface area (Å²) in [6.45, 7) is 4.74. The smallest absolute Gasteiger partial charge is 0.183 e. The van der Waals surface area contributed by atoms with Crippen molar-refractivity contribution in [1.29, 1.82) is 0 Å². The molecule has 0 saturated carbocycles. The van der Waals surface area contributed by atoms with Gasteiger partial charge in [-0.2, -0.15) is 25.3 Å². The molecule has 0 aromatic carbocycles. The topological polar surface area (TPSA) is 36.1 Å². The van der Waals surface area contributed by atoms with Crippen molar-refractivity contribution in [1.82, 2.24) is 16.0 Å². The zero-order valence-electron chi connectivity index (χ0n) is 10.4. The number of halogens is 2. The van der Waals surface area contributed by atoms with E-state index in [1.165, 1.54) is 0 Å². The van der Waals surface area contributed by atoms with Crippen LogP contribution in [0.1, 0.15) is 13.8 Å². The molecule has 0 bridgehead atoms. The highest BCUT2D eigenvalue weighted by Crippen LogP contribution is 2.13. The lowest BCUT2D eigenvalue weighted by molar-refractivity contribution is 0.0822. The maximum Gasteiger partial charge on any atom is 0.183 e. The number of hydrogen-bond donors (Lipinski definition) is 5. The Labute approximate surface area is 113 Å². The van der Waals surface area contributed by atoms with Gasteiger partial charge in [-0.1, -0.05) is 13.8 Å². The fraction of sp³-hybridized carbons (Fsp3) is 1.00. The van der Waals surface area contributed by atoms with Gasteiger partial charge in [-0.25, -0.2) is 8.78 Å². The zero-order valence-corrected chi connectivity index (χ0v) is 12.2. The van der Waals surface area contributed by atoms with Crippen LogP contribution >= 0.6 is 25.3 Å². The van der Waals surface area contributed by atoms with Crippen LogP contribution in [0, 0.1) is 0 Å². The van der Waals surface area contributed by atoms with Gasteiger partial charge in [-0.15, -0.1) is 0 Å². The predicted molar refractivity (Wildman–Crippen MR) is 75.6 cm³/mol. The van der Waals surface area contributed by atoms with E-state index in [2.05, 4.69) is 41.2 Å². The fourth-order valence-electron chi connectivity index (χ4n) is 1.29. The molecule has 0 aliphatic heterocycles. The fourth-order valence-corrected chi connectivity index (χ4v) is 1.73. The minimum absolute atomic E-state index is 0.0162. The van der Waals surface area contributed by atoms with E-state index in [1.54, 1.807) is 6.92 Å². The summed E-state index contributed by atoms with van der Waals surface area (Å²) in [7, 11) is 0. The number of rotatable bonds is 10. The van der Waals surface area contributed by atoms with Crippen molar-refractivity contribution in [2.75, 3.05) is 37.7 Å². The van der Waals surface area contributed by atoms with Crippen molar-refractivity contribution in [3.05, 3.63) is 0 Å². The molecule has 0 aromatic heterocycles. The van der Waals surface area contributed by atoms with Gasteiger partial charge in [0.25, 0.3) is 0 Å². The summed E-state index contributed by atoms with van der Waals surface area (Å²) in [6, 6.07) is 0. The van der Waals surface area contributed by atoms with Gasteiger partial charge < -0.3 is 5.32 Å². The first kappa shape index (κ1) is 17.4. The molecular formula is C10H23F2N3S2. The van der Waals surface area contributed by atoms with Crippen LogP contribution in [0.15, 0.2) is 0 Å². The Hall–Kier alpha value is 0.440. The summed E-state index contributed by atoms with van der Waals surface area (Å²) in [6.07, 6.45) is 0. The van der Waals surface area contributed by atoms with Crippen LogP contribution < -0.4 is 16.0 Å². The summed E-state index contributed by atoms with van der Waals surface area (Å²) in [5.41, 5.74) is 0. The van der Waals surface area contributed by atoms with Crippen molar-refractivity contribution < 1.29 is 8.78 Å². The monoisotopic (exact) mass is 287 g/mol. The lowest BCUT2D eigenvalue weighted by Crippen LogP contribution is -2.58. The highest BCUT2D eigenvalue weighted by atomic mass is 32.1. The van der Waals surface area contributed by atoms with E-state index in [4.69, 9.17) is 0 Å². The number of likely N-dealkylation sites (N-methyl/N-ethyl adjacent to an activating group) is 2. The Kier molecular flexibility index (Phi) is 8.75. The highest BCUT2D eigenvalue weighted by Gasteiger charge is 2.33. The first-order valence-corrected chi connectivity index (χ1v) is 7.02. The maximum atomic E-state index is 14.1. The molecule has 0 amide bonds. The van der Waals surface area contributed by atoms with Gasteiger partial charge in [-0.3, -0.25) is 10.6 Å². The Morgan fingerprint density at radius 2 is 1.41 bits per heavy atom. The molecule has 0 aromatic rings. The summed E-state index contributed by atoms with van der Waals surface area (Å²) >= 11 is 7.88. The van der Waals surface area contributed by atoms with Gasteiger partial charge in [0.05, 0.1) is 0 Å². The Morgan fingerprint density at radius 1 is 0.882 bits per heavy atom. The summed E-state index contributed by atoms with van der Waals surface area (Å²) in [5.74, 6) is -3.45. The maximum absolute atomic E-state index is 14.1. The normalized spacial score (nSPS) is 18.7. The first-order chi connectivity index (χ1) is 7.95. The van der Waals surface area contributed by atoms with Gasteiger partial charge in [0.2, 0.25) is 0 Å². The lowest BCUT2D eigenvalue weighted by atomic mass is 10.2. The molecule has 7 heteroatoms. The van der Waals surface area contributed by atoms with Crippen LogP contribution in [0.3, 0.4) is 0 Å². The third-order valence-corrected chi connectivity index (χ3v) is 3.34. The molecule has 0 unspecified atom stereocenters. The molecule has 0 spiro atoms. The standard InChI is InChI=1S/C10H23F2N3S2/c1-3-13-5-9(11,7-16)15-6-10(12,8-17)14-4-2/h13-17H,3-8H2,1-2H3/t9-,10+/m0/s1. The second-order valence-electron chi connectivity index (χ2n) is 3.91. The van der Waals surface area contributed by atoms with Crippen LogP contribution in [-0.2, 0) is 0 Å². The number of hydrogen-bond acceptors (Lipinski definition) is 5. The molecule has 0 saturated heterocycles. The molecule has 0 radical (unpaired) electrons. The molecule has 3 N–H and O–H groups in total. The molecule has 17 heavy (non-hydrogen) atoms. The van der Waals surface area contributed by atoms with Gasteiger partial charge >= 0.3 is 0 Å². The van der Waals surface area contributed by atoms with Crippen molar-refractivity contribution in [2.45, 2.75) is 25.4 Å². The molecule has 0 fully saturated rings. The molecule has 0 aliphatic rings. The van der Waals surface area contributed by atoms with Crippen LogP contribution in [0.5, 0.6) is 0 Å². The van der Waals surface area contributed by atoms with E-state index in [-0.39, 0.29) is 24.6 Å². The van der Waals surface area contributed by atoms with E-state index in [9.17, 15) is 8.78 Å². The van der Waals surface area contributed by atoms with E-state index in [0.29, 0.717) is 13.1 Å². The summed E-state index contributed by atoms with van der Waals surface area (Å²) in [5, 5.41) is 8.09. The van der Waals surface area contributed by atoms with Gasteiger partial charge in [0.1, 0.15) is 0 Å². The zero-order chi connectivity index (χ0) is 13.4. The van der Waals surface area contributed by atoms with Gasteiger partial charge in [0.15, 0.2) is 11.6 Å². The molecule has 0 heterocycles. The van der Waals surface area contributed by atoms with E-state index in [0.717, 1.165) is 0 Å². The minimum atomic E-state index is -1.71.